The van der Waals surface area contributed by atoms with Crippen molar-refractivity contribution in [2.45, 2.75) is 30.8 Å². The van der Waals surface area contributed by atoms with Crippen LogP contribution in [0.15, 0.2) is 76.2 Å². The van der Waals surface area contributed by atoms with Crippen LogP contribution in [0.5, 0.6) is 0 Å². The quantitative estimate of drug-likeness (QED) is 0.717. The van der Waals surface area contributed by atoms with Crippen molar-refractivity contribution in [2.75, 3.05) is 4.31 Å². The largest absolute Gasteiger partial charge is 0.467 e. The zero-order valence-electron chi connectivity index (χ0n) is 15.3. The Kier molecular flexibility index (Phi) is 4.68. The molecule has 6 nitrogen and oxygen atoms in total. The number of fused-ring (bicyclic) bond motifs is 1. The van der Waals surface area contributed by atoms with Crippen LogP contribution >= 0.6 is 0 Å². The van der Waals surface area contributed by atoms with Crippen LogP contribution in [-0.4, -0.2) is 20.4 Å². The fraction of sp³-hybridized carbons (Fsp3) is 0.190. The van der Waals surface area contributed by atoms with E-state index < -0.39 is 10.0 Å². The van der Waals surface area contributed by atoms with Crippen LogP contribution in [0.2, 0.25) is 0 Å². The van der Waals surface area contributed by atoms with Crippen molar-refractivity contribution in [3.8, 4) is 0 Å². The molecule has 1 aromatic heterocycles. The highest BCUT2D eigenvalue weighted by atomic mass is 32.2. The summed E-state index contributed by atoms with van der Waals surface area (Å²) in [5.74, 6) is 0.444. The van der Waals surface area contributed by atoms with E-state index in [-0.39, 0.29) is 16.8 Å². The molecule has 1 atom stereocenters. The lowest BCUT2D eigenvalue weighted by molar-refractivity contribution is 0.0948. The highest BCUT2D eigenvalue weighted by molar-refractivity contribution is 7.92. The Morgan fingerprint density at radius 2 is 1.93 bits per heavy atom. The average molecular weight is 396 g/mol. The second kappa shape index (κ2) is 7.16. The van der Waals surface area contributed by atoms with Gasteiger partial charge in [-0.3, -0.25) is 9.10 Å². The van der Waals surface area contributed by atoms with E-state index in [9.17, 15) is 13.2 Å². The molecule has 0 unspecified atom stereocenters. The number of amides is 1. The maximum Gasteiger partial charge on any atom is 0.264 e. The molecule has 0 radical (unpaired) electrons. The van der Waals surface area contributed by atoms with Crippen LogP contribution in [-0.2, 0) is 23.0 Å². The van der Waals surface area contributed by atoms with E-state index in [1.54, 1.807) is 66.9 Å². The van der Waals surface area contributed by atoms with Gasteiger partial charge in [-0.05, 0) is 61.4 Å². The van der Waals surface area contributed by atoms with Crippen LogP contribution in [0.25, 0.3) is 0 Å². The summed E-state index contributed by atoms with van der Waals surface area (Å²) in [4.78, 5) is 12.7. The lowest BCUT2D eigenvalue weighted by atomic mass is 10.1. The van der Waals surface area contributed by atoms with Crippen molar-refractivity contribution in [1.29, 1.82) is 0 Å². The number of nitrogens with zero attached hydrogens (tertiary/aromatic N) is 1. The number of carbonyl (C=O) groups is 1. The van der Waals surface area contributed by atoms with Gasteiger partial charge < -0.3 is 9.73 Å². The molecule has 0 saturated heterocycles. The minimum atomic E-state index is -3.65. The average Bonchev–Trinajstić information content (AvgIpc) is 3.33. The molecule has 0 saturated carbocycles. The Labute approximate surface area is 163 Å². The number of rotatable bonds is 5. The molecular weight excluding hydrogens is 376 g/mol. The zero-order valence-corrected chi connectivity index (χ0v) is 16.1. The number of furan rings is 1. The summed E-state index contributed by atoms with van der Waals surface area (Å²) < 4.78 is 32.9. The van der Waals surface area contributed by atoms with Gasteiger partial charge in [0.05, 0.1) is 23.4 Å². The van der Waals surface area contributed by atoms with E-state index in [4.69, 9.17) is 4.42 Å². The third-order valence-corrected chi connectivity index (χ3v) is 6.74. The van der Waals surface area contributed by atoms with Crippen molar-refractivity contribution in [3.63, 3.8) is 0 Å². The topological polar surface area (TPSA) is 79.6 Å². The number of nitrogens with one attached hydrogen (secondary N) is 1. The normalized spacial score (nSPS) is 16.0. The minimum absolute atomic E-state index is 0.221. The van der Waals surface area contributed by atoms with Gasteiger partial charge in [0.15, 0.2) is 0 Å². The van der Waals surface area contributed by atoms with E-state index in [1.165, 1.54) is 4.31 Å². The SMILES string of the molecule is C[C@@H]1Cc2cc(C(=O)NCc3ccco3)ccc2N1S(=O)(=O)c1ccccc1. The van der Waals surface area contributed by atoms with Crippen molar-refractivity contribution < 1.29 is 17.6 Å². The fourth-order valence-corrected chi connectivity index (χ4v) is 5.21. The Balaban J connectivity index is 1.59. The van der Waals surface area contributed by atoms with Crippen LogP contribution < -0.4 is 9.62 Å². The Morgan fingerprint density at radius 3 is 2.64 bits per heavy atom. The zero-order chi connectivity index (χ0) is 19.7. The van der Waals surface area contributed by atoms with Crippen LogP contribution in [0.3, 0.4) is 0 Å². The number of anilines is 1. The first-order valence-electron chi connectivity index (χ1n) is 9.00. The molecule has 0 spiro atoms. The van der Waals surface area contributed by atoms with Crippen molar-refractivity contribution in [2.24, 2.45) is 0 Å². The summed E-state index contributed by atoms with van der Waals surface area (Å²) in [5, 5.41) is 2.81. The first-order valence-corrected chi connectivity index (χ1v) is 10.4. The van der Waals surface area contributed by atoms with Crippen molar-refractivity contribution in [1.82, 2.24) is 5.32 Å². The smallest absolute Gasteiger partial charge is 0.264 e. The molecule has 1 amide bonds. The summed E-state index contributed by atoms with van der Waals surface area (Å²) >= 11 is 0. The van der Waals surface area contributed by atoms with Gasteiger partial charge in [0.1, 0.15) is 5.76 Å². The molecule has 1 aliphatic rings. The maximum absolute atomic E-state index is 13.1. The molecule has 1 aliphatic heterocycles. The van der Waals surface area contributed by atoms with E-state index in [2.05, 4.69) is 5.32 Å². The first-order chi connectivity index (χ1) is 13.5. The standard InChI is InChI=1S/C21H20N2O4S/c1-15-12-17-13-16(21(24)22-14-18-6-5-11-27-18)9-10-20(17)23(15)28(25,26)19-7-3-2-4-8-19/h2-11,13,15H,12,14H2,1H3,(H,22,24)/t15-/m1/s1. The third kappa shape index (κ3) is 3.29. The minimum Gasteiger partial charge on any atom is -0.467 e. The molecule has 0 aliphatic carbocycles. The number of sulfonamides is 1. The Hall–Kier alpha value is -3.06. The predicted molar refractivity (Wildman–Crippen MR) is 106 cm³/mol. The number of carbonyl (C=O) groups excluding carboxylic acids is 1. The highest BCUT2D eigenvalue weighted by Gasteiger charge is 2.36. The van der Waals surface area contributed by atoms with Crippen molar-refractivity contribution >= 4 is 21.6 Å². The molecule has 28 heavy (non-hydrogen) atoms. The number of hydrogen-bond acceptors (Lipinski definition) is 4. The fourth-order valence-electron chi connectivity index (χ4n) is 3.50. The molecule has 1 N–H and O–H groups in total. The van der Waals surface area contributed by atoms with Gasteiger partial charge in [0.25, 0.3) is 15.9 Å². The molecule has 2 aromatic carbocycles. The molecule has 0 bridgehead atoms. The van der Waals surface area contributed by atoms with Crippen LogP contribution in [0.1, 0.15) is 28.6 Å². The Morgan fingerprint density at radius 1 is 1.14 bits per heavy atom. The predicted octanol–water partition coefficient (Wildman–Crippen LogP) is 3.35. The molecule has 4 rings (SSSR count). The number of benzene rings is 2. The van der Waals surface area contributed by atoms with Gasteiger partial charge in [-0.1, -0.05) is 18.2 Å². The summed E-state index contributed by atoms with van der Waals surface area (Å²) in [6, 6.07) is 16.9. The second-order valence-corrected chi connectivity index (χ2v) is 8.59. The lowest BCUT2D eigenvalue weighted by Gasteiger charge is -2.24. The molecule has 7 heteroatoms. The lowest BCUT2D eigenvalue weighted by Crippen LogP contribution is -2.35. The Bertz CT molecular complexity index is 1090. The summed E-state index contributed by atoms with van der Waals surface area (Å²) in [6.07, 6.45) is 2.11. The molecule has 3 aromatic rings. The van der Waals surface area contributed by atoms with Gasteiger partial charge in [-0.25, -0.2) is 8.42 Å². The number of hydrogen-bond donors (Lipinski definition) is 1. The monoisotopic (exact) mass is 396 g/mol. The van der Waals surface area contributed by atoms with Crippen molar-refractivity contribution in [3.05, 3.63) is 83.8 Å². The summed E-state index contributed by atoms with van der Waals surface area (Å²) in [7, 11) is -3.65. The first kappa shape index (κ1) is 18.3. The second-order valence-electron chi connectivity index (χ2n) is 6.77. The third-order valence-electron chi connectivity index (χ3n) is 4.80. The summed E-state index contributed by atoms with van der Waals surface area (Å²) in [6.45, 7) is 2.17. The van der Waals surface area contributed by atoms with Gasteiger partial charge in [0.2, 0.25) is 0 Å². The summed E-state index contributed by atoms with van der Waals surface area (Å²) in [5.41, 5.74) is 1.97. The molecule has 2 heterocycles. The van der Waals surface area contributed by atoms with Gasteiger partial charge >= 0.3 is 0 Å². The molecule has 144 valence electrons. The maximum atomic E-state index is 13.1. The van der Waals surface area contributed by atoms with Gasteiger partial charge in [-0.2, -0.15) is 0 Å². The van der Waals surface area contributed by atoms with E-state index in [1.807, 2.05) is 6.92 Å². The van der Waals surface area contributed by atoms with E-state index >= 15 is 0 Å². The highest BCUT2D eigenvalue weighted by Crippen LogP contribution is 2.37. The molecule has 0 fully saturated rings. The van der Waals surface area contributed by atoms with Crippen LogP contribution in [0, 0.1) is 0 Å². The van der Waals surface area contributed by atoms with Crippen LogP contribution in [0.4, 0.5) is 5.69 Å². The van der Waals surface area contributed by atoms with Gasteiger partial charge in [0, 0.05) is 11.6 Å². The van der Waals surface area contributed by atoms with Gasteiger partial charge in [-0.15, -0.1) is 0 Å². The van der Waals surface area contributed by atoms with E-state index in [0.29, 0.717) is 30.0 Å². The molecular formula is C21H20N2O4S. The van der Waals surface area contributed by atoms with E-state index in [0.717, 1.165) is 5.56 Å².